The van der Waals surface area contributed by atoms with Gasteiger partial charge in [0, 0.05) is 10.8 Å². The van der Waals surface area contributed by atoms with Gasteiger partial charge in [-0.3, -0.25) is 9.98 Å². The van der Waals surface area contributed by atoms with E-state index in [1.54, 1.807) is 0 Å². The van der Waals surface area contributed by atoms with E-state index in [-0.39, 0.29) is 0 Å². The molecule has 0 heterocycles. The van der Waals surface area contributed by atoms with Gasteiger partial charge in [0.2, 0.25) is 0 Å². The van der Waals surface area contributed by atoms with Crippen molar-refractivity contribution in [2.45, 2.75) is 13.8 Å². The summed E-state index contributed by atoms with van der Waals surface area (Å²) in [4.78, 5) is 9.70. The molecular formula is C24H20Br2FeN2. The fourth-order valence-corrected chi connectivity index (χ4v) is 3.13. The summed E-state index contributed by atoms with van der Waals surface area (Å²) in [5.74, 6) is 0. The number of hydrogen-bond donors (Lipinski definition) is 0. The summed E-state index contributed by atoms with van der Waals surface area (Å²) < 4.78 is 0. The first-order chi connectivity index (χ1) is 14.1. The minimum atomic E-state index is 0.875. The summed E-state index contributed by atoms with van der Waals surface area (Å²) >= 11 is 7.00. The molecule has 0 N–H and O–H groups in total. The zero-order valence-corrected chi connectivity index (χ0v) is 20.4. The van der Waals surface area contributed by atoms with Crippen LogP contribution in [0.25, 0.3) is 21.5 Å². The number of fused-ring (bicyclic) bond motifs is 2. The Morgan fingerprint density at radius 2 is 0.931 bits per heavy atom. The summed E-state index contributed by atoms with van der Waals surface area (Å²) in [6.45, 7) is 4.04. The molecule has 0 fully saturated rings. The van der Waals surface area contributed by atoms with Crippen LogP contribution in [0.1, 0.15) is 13.8 Å². The Morgan fingerprint density at radius 3 is 1.34 bits per heavy atom. The quantitative estimate of drug-likeness (QED) is 0.180. The summed E-state index contributed by atoms with van der Waals surface area (Å²) in [6, 6.07) is 29.1. The first kappa shape index (κ1) is 21.9. The Kier molecular flexibility index (Phi) is 8.19. The van der Waals surface area contributed by atoms with Crippen molar-refractivity contribution in [3.8, 4) is 0 Å². The van der Waals surface area contributed by atoms with E-state index in [0.29, 0.717) is 0 Å². The molecule has 0 aromatic heterocycles. The number of aliphatic imine (C=N–C) groups is 2. The zero-order chi connectivity index (χ0) is 20.6. The second-order valence-electron chi connectivity index (χ2n) is 6.44. The van der Waals surface area contributed by atoms with E-state index in [1.807, 2.05) is 38.1 Å². The molecule has 0 aliphatic carbocycles. The van der Waals surface area contributed by atoms with Crippen molar-refractivity contribution in [3.05, 3.63) is 84.9 Å². The SMILES string of the molecule is CC(=Nc1cccc2ccccc12)C(C)=Nc1cccc2ccccc12.[Br][Fe][Br]. The summed E-state index contributed by atoms with van der Waals surface area (Å²) in [5.41, 5.74) is 3.81. The topological polar surface area (TPSA) is 24.7 Å². The molecule has 4 rings (SSSR count). The fraction of sp³-hybridized carbons (Fsp3) is 0.0833. The second-order valence-corrected chi connectivity index (χ2v) is 12.0. The minimum absolute atomic E-state index is 0.875. The van der Waals surface area contributed by atoms with Crippen LogP contribution < -0.4 is 0 Å². The Bertz CT molecular complexity index is 1080. The average Bonchev–Trinajstić information content (AvgIpc) is 2.75. The van der Waals surface area contributed by atoms with Gasteiger partial charge in [-0.1, -0.05) is 72.8 Å². The summed E-state index contributed by atoms with van der Waals surface area (Å²) in [6.07, 6.45) is 0. The number of halogens is 2. The van der Waals surface area contributed by atoms with Crippen LogP contribution >= 0.6 is 28.2 Å². The molecule has 0 spiro atoms. The third kappa shape index (κ3) is 5.64. The van der Waals surface area contributed by atoms with Crippen LogP contribution in [0.4, 0.5) is 11.4 Å². The van der Waals surface area contributed by atoms with Gasteiger partial charge in [0.1, 0.15) is 0 Å². The summed E-state index contributed by atoms with van der Waals surface area (Å²) in [5, 5.41) is 4.72. The normalized spacial score (nSPS) is 12.1. The fourth-order valence-electron chi connectivity index (χ4n) is 3.13. The van der Waals surface area contributed by atoms with E-state index in [4.69, 9.17) is 9.98 Å². The van der Waals surface area contributed by atoms with Gasteiger partial charge in [-0.2, -0.15) is 0 Å². The number of benzene rings is 4. The van der Waals surface area contributed by atoms with Crippen molar-refractivity contribution < 1.29 is 11.3 Å². The van der Waals surface area contributed by atoms with Gasteiger partial charge in [0.25, 0.3) is 0 Å². The number of rotatable bonds is 3. The van der Waals surface area contributed by atoms with Crippen molar-refractivity contribution in [1.82, 2.24) is 0 Å². The first-order valence-corrected chi connectivity index (χ1v) is 14.5. The molecule has 0 atom stereocenters. The van der Waals surface area contributed by atoms with E-state index < -0.39 is 0 Å². The van der Waals surface area contributed by atoms with Gasteiger partial charge in [-0.15, -0.1) is 0 Å². The van der Waals surface area contributed by atoms with Gasteiger partial charge in [0.15, 0.2) is 0 Å². The second kappa shape index (κ2) is 10.8. The molecule has 2 nitrogen and oxygen atoms in total. The van der Waals surface area contributed by atoms with Crippen molar-refractivity contribution in [2.24, 2.45) is 9.98 Å². The molecule has 5 heteroatoms. The molecule has 0 aliphatic rings. The van der Waals surface area contributed by atoms with Crippen molar-refractivity contribution in [3.63, 3.8) is 0 Å². The predicted octanol–water partition coefficient (Wildman–Crippen LogP) is 8.57. The third-order valence-electron chi connectivity index (χ3n) is 4.63. The van der Waals surface area contributed by atoms with Gasteiger partial charge >= 0.3 is 39.6 Å². The Hall–Kier alpha value is -1.78. The van der Waals surface area contributed by atoms with Gasteiger partial charge in [-0.05, 0) is 36.8 Å². The van der Waals surface area contributed by atoms with Crippen LogP contribution in [0.2, 0.25) is 0 Å². The Labute approximate surface area is 191 Å². The van der Waals surface area contributed by atoms with E-state index in [9.17, 15) is 0 Å². The van der Waals surface area contributed by atoms with Crippen LogP contribution in [-0.2, 0) is 11.3 Å². The van der Waals surface area contributed by atoms with Gasteiger partial charge in [-0.25, -0.2) is 0 Å². The van der Waals surface area contributed by atoms with E-state index in [2.05, 4.69) is 88.9 Å². The monoisotopic (exact) mass is 550 g/mol. The number of nitrogens with zero attached hydrogens (tertiary/aromatic N) is 2. The van der Waals surface area contributed by atoms with Crippen molar-refractivity contribution >= 4 is 72.6 Å². The molecule has 0 saturated carbocycles. The molecular weight excluding hydrogens is 532 g/mol. The molecule has 0 radical (unpaired) electrons. The molecule has 0 unspecified atom stereocenters. The summed E-state index contributed by atoms with van der Waals surface area (Å²) in [7, 11) is 0. The molecule has 29 heavy (non-hydrogen) atoms. The Balaban J connectivity index is 0.000000755. The van der Waals surface area contributed by atoms with E-state index in [0.717, 1.165) is 44.9 Å². The standard InChI is InChI=1S/C24H20N2.2BrH.Fe/c1-17(25-23-15-7-11-19-9-3-5-13-21(19)23)18(2)26-24-16-8-12-20-10-4-6-14-22(20)24;;;/h3-16H,1-2H3;2*1H;/q;;;+2/p-2. The maximum absolute atomic E-state index is 4.85. The van der Waals surface area contributed by atoms with Crippen molar-refractivity contribution in [1.29, 1.82) is 0 Å². The molecule has 0 amide bonds. The zero-order valence-electron chi connectivity index (χ0n) is 16.1. The molecule has 0 saturated heterocycles. The average molecular weight is 552 g/mol. The van der Waals surface area contributed by atoms with E-state index in [1.165, 1.54) is 10.8 Å². The van der Waals surface area contributed by atoms with Crippen LogP contribution in [0.5, 0.6) is 0 Å². The van der Waals surface area contributed by atoms with Crippen LogP contribution in [0.3, 0.4) is 0 Å². The maximum atomic E-state index is 4.85. The predicted molar refractivity (Wildman–Crippen MR) is 131 cm³/mol. The van der Waals surface area contributed by atoms with Crippen LogP contribution in [-0.4, -0.2) is 11.4 Å². The van der Waals surface area contributed by atoms with Gasteiger partial charge < -0.3 is 0 Å². The van der Waals surface area contributed by atoms with E-state index >= 15 is 0 Å². The number of hydrogen-bond acceptors (Lipinski definition) is 2. The van der Waals surface area contributed by atoms with Gasteiger partial charge in [0.05, 0.1) is 22.8 Å². The molecule has 4 aromatic rings. The van der Waals surface area contributed by atoms with Crippen molar-refractivity contribution in [2.75, 3.05) is 0 Å². The molecule has 4 aromatic carbocycles. The van der Waals surface area contributed by atoms with Crippen LogP contribution in [0, 0.1) is 0 Å². The molecule has 0 bridgehead atoms. The van der Waals surface area contributed by atoms with Crippen LogP contribution in [0.15, 0.2) is 94.9 Å². The molecule has 0 aliphatic heterocycles. The molecule has 148 valence electrons. The Morgan fingerprint density at radius 1 is 0.586 bits per heavy atom. The first-order valence-electron chi connectivity index (χ1n) is 9.05. The third-order valence-corrected chi connectivity index (χ3v) is 4.63.